The van der Waals surface area contributed by atoms with Crippen molar-refractivity contribution in [2.45, 2.75) is 38.4 Å². The summed E-state index contributed by atoms with van der Waals surface area (Å²) in [5, 5.41) is 19.0. The molecular formula is C16H19N5O5. The summed E-state index contributed by atoms with van der Waals surface area (Å²) in [7, 11) is 0. The fourth-order valence-electron chi connectivity index (χ4n) is 2.92. The van der Waals surface area contributed by atoms with E-state index in [1.165, 1.54) is 22.0 Å². The van der Waals surface area contributed by atoms with E-state index in [1.807, 2.05) is 0 Å². The van der Waals surface area contributed by atoms with Gasteiger partial charge in [-0.15, -0.1) is 5.10 Å². The summed E-state index contributed by atoms with van der Waals surface area (Å²) in [6, 6.07) is 2.63. The first-order valence-electron chi connectivity index (χ1n) is 8.27. The zero-order valence-corrected chi connectivity index (χ0v) is 14.0. The van der Waals surface area contributed by atoms with Gasteiger partial charge >= 0.3 is 5.97 Å². The van der Waals surface area contributed by atoms with Crippen LogP contribution in [0, 0.1) is 0 Å². The molecule has 2 amide bonds. The standard InChI is InChI=1S/C16H19N5O5/c22-14(23)10-20-9-11(18-19-20)8-17-15(24)12-4-1-2-6-21(12)16(25)13-5-3-7-26-13/h3,5,7,9,12H,1-2,4,6,8,10H2,(H,17,24)(H,22,23). The molecule has 2 aromatic rings. The molecule has 138 valence electrons. The molecule has 2 aromatic heterocycles. The Labute approximate surface area is 148 Å². The van der Waals surface area contributed by atoms with E-state index >= 15 is 0 Å². The quantitative estimate of drug-likeness (QED) is 0.755. The Bertz CT molecular complexity index is 785. The van der Waals surface area contributed by atoms with E-state index in [-0.39, 0.29) is 30.7 Å². The first-order valence-corrected chi connectivity index (χ1v) is 8.27. The van der Waals surface area contributed by atoms with Gasteiger partial charge in [0.25, 0.3) is 5.91 Å². The van der Waals surface area contributed by atoms with Crippen LogP contribution in [0.2, 0.25) is 0 Å². The van der Waals surface area contributed by atoms with Crippen molar-refractivity contribution in [3.8, 4) is 0 Å². The van der Waals surface area contributed by atoms with Crippen LogP contribution in [0.1, 0.15) is 35.5 Å². The summed E-state index contributed by atoms with van der Waals surface area (Å²) in [5.74, 6) is -1.40. The van der Waals surface area contributed by atoms with Crippen LogP contribution >= 0.6 is 0 Å². The van der Waals surface area contributed by atoms with Gasteiger partial charge in [0.05, 0.1) is 19.0 Å². The van der Waals surface area contributed by atoms with Crippen molar-refractivity contribution >= 4 is 17.8 Å². The molecule has 10 nitrogen and oxygen atoms in total. The van der Waals surface area contributed by atoms with Crippen molar-refractivity contribution in [3.05, 3.63) is 36.0 Å². The molecule has 10 heteroatoms. The molecule has 0 aromatic carbocycles. The molecule has 1 unspecified atom stereocenters. The zero-order valence-electron chi connectivity index (χ0n) is 14.0. The van der Waals surface area contributed by atoms with Gasteiger partial charge in [-0.25, -0.2) is 4.68 Å². The molecule has 2 N–H and O–H groups in total. The maximum absolute atomic E-state index is 12.6. The highest BCUT2D eigenvalue weighted by Crippen LogP contribution is 2.20. The molecule has 1 aliphatic rings. The van der Waals surface area contributed by atoms with Crippen LogP contribution in [-0.2, 0) is 22.7 Å². The molecule has 0 radical (unpaired) electrons. The molecule has 0 saturated carbocycles. The number of rotatable bonds is 6. The number of furan rings is 1. The Kier molecular flexibility index (Phi) is 5.30. The molecule has 1 saturated heterocycles. The van der Waals surface area contributed by atoms with E-state index in [2.05, 4.69) is 15.6 Å². The number of carboxylic acid groups (broad SMARTS) is 1. The van der Waals surface area contributed by atoms with Crippen LogP contribution in [0.3, 0.4) is 0 Å². The number of aromatic nitrogens is 3. The predicted molar refractivity (Wildman–Crippen MR) is 86.9 cm³/mol. The first kappa shape index (κ1) is 17.6. The molecule has 3 rings (SSSR count). The number of hydrogen-bond acceptors (Lipinski definition) is 6. The van der Waals surface area contributed by atoms with Crippen molar-refractivity contribution < 1.29 is 23.9 Å². The number of amides is 2. The van der Waals surface area contributed by atoms with Crippen molar-refractivity contribution in [2.75, 3.05) is 6.54 Å². The van der Waals surface area contributed by atoms with Gasteiger partial charge in [-0.2, -0.15) is 0 Å². The topological polar surface area (TPSA) is 131 Å². The van der Waals surface area contributed by atoms with Gasteiger partial charge < -0.3 is 19.7 Å². The average molecular weight is 361 g/mol. The molecule has 1 atom stereocenters. The predicted octanol–water partition coefficient (Wildman–Crippen LogP) is 0.267. The maximum Gasteiger partial charge on any atom is 0.325 e. The van der Waals surface area contributed by atoms with Gasteiger partial charge in [0.15, 0.2) is 5.76 Å². The molecule has 1 fully saturated rings. The van der Waals surface area contributed by atoms with Crippen LogP contribution in [0.5, 0.6) is 0 Å². The van der Waals surface area contributed by atoms with Crippen molar-refractivity contribution in [1.29, 1.82) is 0 Å². The van der Waals surface area contributed by atoms with Gasteiger partial charge in [0.2, 0.25) is 5.91 Å². The van der Waals surface area contributed by atoms with Gasteiger partial charge in [0.1, 0.15) is 18.3 Å². The Morgan fingerprint density at radius 2 is 2.19 bits per heavy atom. The Morgan fingerprint density at radius 1 is 1.35 bits per heavy atom. The largest absolute Gasteiger partial charge is 0.480 e. The highest BCUT2D eigenvalue weighted by Gasteiger charge is 2.33. The van der Waals surface area contributed by atoms with Crippen LogP contribution in [-0.4, -0.2) is 55.4 Å². The summed E-state index contributed by atoms with van der Waals surface area (Å²) >= 11 is 0. The van der Waals surface area contributed by atoms with E-state index in [0.717, 1.165) is 12.8 Å². The second-order valence-corrected chi connectivity index (χ2v) is 6.01. The van der Waals surface area contributed by atoms with Gasteiger partial charge in [-0.3, -0.25) is 14.4 Å². The van der Waals surface area contributed by atoms with E-state index < -0.39 is 12.0 Å². The maximum atomic E-state index is 12.6. The number of carboxylic acids is 1. The van der Waals surface area contributed by atoms with E-state index in [4.69, 9.17) is 9.52 Å². The fraction of sp³-hybridized carbons (Fsp3) is 0.438. The van der Waals surface area contributed by atoms with Crippen molar-refractivity contribution in [1.82, 2.24) is 25.2 Å². The van der Waals surface area contributed by atoms with Crippen molar-refractivity contribution in [2.24, 2.45) is 0 Å². The van der Waals surface area contributed by atoms with E-state index in [9.17, 15) is 14.4 Å². The number of carbonyl (C=O) groups is 3. The SMILES string of the molecule is O=C(O)Cn1cc(CNC(=O)C2CCCCN2C(=O)c2ccco2)nn1. The Morgan fingerprint density at radius 3 is 2.92 bits per heavy atom. The number of carbonyl (C=O) groups excluding carboxylic acids is 2. The number of nitrogens with one attached hydrogen (secondary N) is 1. The molecule has 0 aliphatic carbocycles. The molecule has 0 bridgehead atoms. The van der Waals surface area contributed by atoms with Crippen LogP contribution in [0.25, 0.3) is 0 Å². The Hall–Kier alpha value is -3.17. The summed E-state index contributed by atoms with van der Waals surface area (Å²) in [5.41, 5.74) is 0.444. The molecule has 3 heterocycles. The minimum atomic E-state index is -1.03. The number of likely N-dealkylation sites (tertiary alicyclic amines) is 1. The highest BCUT2D eigenvalue weighted by atomic mass is 16.4. The van der Waals surface area contributed by atoms with Gasteiger partial charge in [0, 0.05) is 6.54 Å². The van der Waals surface area contributed by atoms with E-state index in [1.54, 1.807) is 12.1 Å². The van der Waals surface area contributed by atoms with E-state index in [0.29, 0.717) is 18.7 Å². The smallest absolute Gasteiger partial charge is 0.325 e. The number of hydrogen-bond donors (Lipinski definition) is 2. The molecule has 0 spiro atoms. The molecule has 1 aliphatic heterocycles. The lowest BCUT2D eigenvalue weighted by molar-refractivity contribution is -0.138. The second-order valence-electron chi connectivity index (χ2n) is 6.01. The minimum Gasteiger partial charge on any atom is -0.480 e. The summed E-state index contributed by atoms with van der Waals surface area (Å²) < 4.78 is 6.33. The zero-order chi connectivity index (χ0) is 18.5. The highest BCUT2D eigenvalue weighted by molar-refractivity contribution is 5.95. The lowest BCUT2D eigenvalue weighted by Crippen LogP contribution is -2.51. The van der Waals surface area contributed by atoms with Crippen molar-refractivity contribution in [3.63, 3.8) is 0 Å². The second kappa shape index (κ2) is 7.81. The Balaban J connectivity index is 1.61. The third-order valence-electron chi connectivity index (χ3n) is 4.13. The number of nitrogens with zero attached hydrogens (tertiary/aromatic N) is 4. The minimum absolute atomic E-state index is 0.109. The summed E-state index contributed by atoms with van der Waals surface area (Å²) in [6.07, 6.45) is 5.15. The van der Waals surface area contributed by atoms with Gasteiger partial charge in [-0.05, 0) is 31.4 Å². The molecule has 26 heavy (non-hydrogen) atoms. The summed E-state index contributed by atoms with van der Waals surface area (Å²) in [6.45, 7) is 0.305. The average Bonchev–Trinajstić information content (AvgIpc) is 3.30. The first-order chi connectivity index (χ1) is 12.5. The summed E-state index contributed by atoms with van der Waals surface area (Å²) in [4.78, 5) is 37.3. The number of piperidine rings is 1. The lowest BCUT2D eigenvalue weighted by atomic mass is 10.0. The number of aliphatic carboxylic acids is 1. The fourth-order valence-corrected chi connectivity index (χ4v) is 2.92. The third-order valence-corrected chi connectivity index (χ3v) is 4.13. The normalized spacial score (nSPS) is 17.1. The van der Waals surface area contributed by atoms with Crippen LogP contribution in [0.4, 0.5) is 0 Å². The van der Waals surface area contributed by atoms with Crippen LogP contribution < -0.4 is 5.32 Å². The van der Waals surface area contributed by atoms with Gasteiger partial charge in [-0.1, -0.05) is 5.21 Å². The lowest BCUT2D eigenvalue weighted by Gasteiger charge is -2.34. The monoisotopic (exact) mass is 361 g/mol. The van der Waals surface area contributed by atoms with Crippen LogP contribution in [0.15, 0.2) is 29.0 Å². The molecular weight excluding hydrogens is 342 g/mol. The third kappa shape index (κ3) is 4.08.